The number of hydrogen-bond acceptors (Lipinski definition) is 3. The van der Waals surface area contributed by atoms with Gasteiger partial charge in [-0.2, -0.15) is 0 Å². The maximum Gasteiger partial charge on any atom is 0.240 e. The molecule has 1 N–H and O–H groups in total. The molecule has 1 aliphatic heterocycles. The minimum atomic E-state index is -3.48. The number of carbonyl (C=O) groups excluding carboxylic acids is 1. The Morgan fingerprint density at radius 1 is 1.30 bits per heavy atom. The number of nitrogens with zero attached hydrogens (tertiary/aromatic N) is 1. The lowest BCUT2D eigenvalue weighted by molar-refractivity contribution is -0.116. The van der Waals surface area contributed by atoms with Crippen molar-refractivity contribution in [1.82, 2.24) is 4.72 Å². The van der Waals surface area contributed by atoms with E-state index in [9.17, 15) is 13.2 Å². The van der Waals surface area contributed by atoms with E-state index in [0.717, 1.165) is 36.9 Å². The van der Waals surface area contributed by atoms with E-state index in [1.807, 2.05) is 6.92 Å². The Morgan fingerprint density at radius 3 is 2.70 bits per heavy atom. The predicted molar refractivity (Wildman–Crippen MR) is 92.1 cm³/mol. The molecule has 1 aliphatic rings. The van der Waals surface area contributed by atoms with Gasteiger partial charge in [-0.25, -0.2) is 13.1 Å². The first-order chi connectivity index (χ1) is 10.9. The summed E-state index contributed by atoms with van der Waals surface area (Å²) in [7, 11) is -3.48. The summed E-state index contributed by atoms with van der Waals surface area (Å²) in [5.74, 6) is -0.0130. The second-order valence-electron chi connectivity index (χ2n) is 6.19. The molecular weight excluding hydrogens is 312 g/mol. The molecule has 1 unspecified atom stereocenters. The zero-order valence-electron chi connectivity index (χ0n) is 14.1. The van der Waals surface area contributed by atoms with Crippen LogP contribution < -0.4 is 9.62 Å². The van der Waals surface area contributed by atoms with Crippen LogP contribution in [0.1, 0.15) is 52.0 Å². The lowest BCUT2D eigenvalue weighted by Gasteiger charge is -2.20. The number of anilines is 1. The van der Waals surface area contributed by atoms with Gasteiger partial charge in [0.05, 0.1) is 4.90 Å². The number of carbonyl (C=O) groups is 1. The van der Waals surface area contributed by atoms with Crippen LogP contribution in [0, 0.1) is 0 Å². The summed E-state index contributed by atoms with van der Waals surface area (Å²) in [5, 5.41) is 0. The van der Waals surface area contributed by atoms with Crippen LogP contribution >= 0.6 is 0 Å². The Bertz CT molecular complexity index is 670. The zero-order valence-corrected chi connectivity index (χ0v) is 14.9. The van der Waals surface area contributed by atoms with Gasteiger partial charge in [-0.15, -0.1) is 0 Å². The highest BCUT2D eigenvalue weighted by Crippen LogP contribution is 2.33. The summed E-state index contributed by atoms with van der Waals surface area (Å²) in [5.41, 5.74) is 1.74. The van der Waals surface area contributed by atoms with Gasteiger partial charge in [0.25, 0.3) is 0 Å². The van der Waals surface area contributed by atoms with E-state index >= 15 is 0 Å². The number of hydrogen-bond donors (Lipinski definition) is 1. The van der Waals surface area contributed by atoms with Crippen LogP contribution in [0.2, 0.25) is 0 Å². The molecule has 0 aromatic heterocycles. The minimum Gasteiger partial charge on any atom is -0.309 e. The number of amides is 1. The summed E-state index contributed by atoms with van der Waals surface area (Å²) >= 11 is 0. The molecule has 0 radical (unpaired) electrons. The maximum absolute atomic E-state index is 12.4. The lowest BCUT2D eigenvalue weighted by atomic mass is 10.1. The van der Waals surface area contributed by atoms with Crippen molar-refractivity contribution in [3.05, 3.63) is 23.8 Å². The molecule has 23 heavy (non-hydrogen) atoms. The summed E-state index contributed by atoms with van der Waals surface area (Å²) in [4.78, 5) is 13.7. The highest BCUT2D eigenvalue weighted by molar-refractivity contribution is 7.89. The highest BCUT2D eigenvalue weighted by atomic mass is 32.2. The molecule has 1 heterocycles. The third kappa shape index (κ3) is 4.12. The number of fused-ring (bicyclic) bond motifs is 1. The smallest absolute Gasteiger partial charge is 0.240 e. The molecule has 0 saturated heterocycles. The maximum atomic E-state index is 12.4. The van der Waals surface area contributed by atoms with Gasteiger partial charge in [-0.3, -0.25) is 4.79 Å². The van der Waals surface area contributed by atoms with Crippen LogP contribution in [-0.4, -0.2) is 26.9 Å². The molecule has 6 heteroatoms. The van der Waals surface area contributed by atoms with Crippen LogP contribution in [0.15, 0.2) is 23.1 Å². The number of rotatable bonds is 7. The fraction of sp³-hybridized carbons (Fsp3) is 0.588. The van der Waals surface area contributed by atoms with Crippen molar-refractivity contribution in [2.75, 3.05) is 11.4 Å². The molecule has 5 nitrogen and oxygen atoms in total. The largest absolute Gasteiger partial charge is 0.309 e. The molecule has 0 spiro atoms. The minimum absolute atomic E-state index is 0.0130. The molecule has 2 rings (SSSR count). The first kappa shape index (κ1) is 17.9. The predicted octanol–water partition coefficient (Wildman–Crippen LogP) is 2.84. The van der Waals surface area contributed by atoms with E-state index < -0.39 is 10.0 Å². The third-order valence-electron chi connectivity index (χ3n) is 4.24. The highest BCUT2D eigenvalue weighted by Gasteiger charge is 2.30. The molecule has 0 bridgehead atoms. The number of sulfonamides is 1. The van der Waals surface area contributed by atoms with Crippen LogP contribution in [0.25, 0.3) is 0 Å². The van der Waals surface area contributed by atoms with Crippen molar-refractivity contribution >= 4 is 21.6 Å². The van der Waals surface area contributed by atoms with E-state index in [0.29, 0.717) is 13.0 Å². The van der Waals surface area contributed by atoms with Crippen molar-refractivity contribution in [3.63, 3.8) is 0 Å². The van der Waals surface area contributed by atoms with Gasteiger partial charge in [-0.1, -0.05) is 26.2 Å². The van der Waals surface area contributed by atoms with Crippen molar-refractivity contribution in [2.45, 2.75) is 63.8 Å². The standard InChI is InChI=1S/C17H26N2O3S/c1-4-5-6-7-10-18-23(21,22)16-8-9-17-15(12-16)11-13(2)19(17)14(3)20/h8-9,12-13,18H,4-7,10-11H2,1-3H3. The first-order valence-corrected chi connectivity index (χ1v) is 9.77. The normalized spacial score (nSPS) is 17.3. The summed E-state index contributed by atoms with van der Waals surface area (Å²) < 4.78 is 27.4. The molecule has 128 valence electrons. The first-order valence-electron chi connectivity index (χ1n) is 8.29. The van der Waals surface area contributed by atoms with Crippen LogP contribution in [0.5, 0.6) is 0 Å². The van der Waals surface area contributed by atoms with E-state index in [4.69, 9.17) is 0 Å². The second-order valence-corrected chi connectivity index (χ2v) is 7.96. The van der Waals surface area contributed by atoms with Crippen LogP contribution in [0.4, 0.5) is 5.69 Å². The van der Waals surface area contributed by atoms with E-state index in [1.165, 1.54) is 6.92 Å². The Morgan fingerprint density at radius 2 is 2.04 bits per heavy atom. The van der Waals surface area contributed by atoms with Gasteiger partial charge in [-0.05, 0) is 43.5 Å². The average Bonchev–Trinajstić information content (AvgIpc) is 2.81. The molecule has 1 aromatic carbocycles. The van der Waals surface area contributed by atoms with Crippen molar-refractivity contribution in [1.29, 1.82) is 0 Å². The summed E-state index contributed by atoms with van der Waals surface area (Å²) in [6, 6.07) is 5.10. The zero-order chi connectivity index (χ0) is 17.0. The van der Waals surface area contributed by atoms with Gasteiger partial charge in [0.2, 0.25) is 15.9 Å². The molecular formula is C17H26N2O3S. The third-order valence-corrected chi connectivity index (χ3v) is 5.70. The Labute approximate surface area is 139 Å². The quantitative estimate of drug-likeness (QED) is 0.778. The Kier molecular flexibility index (Phi) is 5.81. The van der Waals surface area contributed by atoms with Gasteiger partial charge in [0.1, 0.15) is 0 Å². The Hall–Kier alpha value is -1.40. The number of benzene rings is 1. The van der Waals surface area contributed by atoms with Crippen molar-refractivity contribution in [3.8, 4) is 0 Å². The van der Waals surface area contributed by atoms with Gasteiger partial charge in [0.15, 0.2) is 0 Å². The number of unbranched alkanes of at least 4 members (excludes halogenated alkanes) is 3. The molecule has 1 atom stereocenters. The SMILES string of the molecule is CCCCCCNS(=O)(=O)c1ccc2c(c1)CC(C)N2C(C)=O. The monoisotopic (exact) mass is 338 g/mol. The van der Waals surface area contributed by atoms with Gasteiger partial charge in [0, 0.05) is 25.2 Å². The van der Waals surface area contributed by atoms with Crippen LogP contribution in [0.3, 0.4) is 0 Å². The molecule has 0 fully saturated rings. The topological polar surface area (TPSA) is 66.5 Å². The van der Waals surface area contributed by atoms with Gasteiger partial charge < -0.3 is 4.90 Å². The van der Waals surface area contributed by atoms with E-state index in [2.05, 4.69) is 11.6 Å². The molecule has 1 aromatic rings. The van der Waals surface area contributed by atoms with Crippen LogP contribution in [-0.2, 0) is 21.2 Å². The fourth-order valence-corrected chi connectivity index (χ4v) is 4.22. The molecule has 1 amide bonds. The fourth-order valence-electron chi connectivity index (χ4n) is 3.10. The molecule has 0 aliphatic carbocycles. The average molecular weight is 338 g/mol. The summed E-state index contributed by atoms with van der Waals surface area (Å²) in [6.07, 6.45) is 4.83. The van der Waals surface area contributed by atoms with Crippen molar-refractivity contribution < 1.29 is 13.2 Å². The van der Waals surface area contributed by atoms with Gasteiger partial charge >= 0.3 is 0 Å². The van der Waals surface area contributed by atoms with E-state index in [-0.39, 0.29) is 16.8 Å². The second kappa shape index (κ2) is 7.45. The lowest BCUT2D eigenvalue weighted by Crippen LogP contribution is -2.33. The molecule has 0 saturated carbocycles. The Balaban J connectivity index is 2.10. The van der Waals surface area contributed by atoms with Crippen molar-refractivity contribution in [2.24, 2.45) is 0 Å². The number of nitrogens with one attached hydrogen (secondary N) is 1. The van der Waals surface area contributed by atoms with E-state index in [1.54, 1.807) is 23.1 Å². The summed E-state index contributed by atoms with van der Waals surface area (Å²) in [6.45, 7) is 6.10.